The van der Waals surface area contributed by atoms with Crippen molar-refractivity contribution in [3.8, 4) is 0 Å². The van der Waals surface area contributed by atoms with E-state index in [2.05, 4.69) is 10.2 Å². The lowest BCUT2D eigenvalue weighted by Crippen LogP contribution is -2.52. The molecule has 3 saturated heterocycles. The highest BCUT2D eigenvalue weighted by Crippen LogP contribution is 2.22. The molecule has 3 amide bonds. The first kappa shape index (κ1) is 22.6. The van der Waals surface area contributed by atoms with Crippen molar-refractivity contribution >= 4 is 17.9 Å². The largest absolute Gasteiger partial charge is 0.436 e. The normalized spacial score (nSPS) is 24.1. The predicted molar refractivity (Wildman–Crippen MR) is 120 cm³/mol. The average molecular weight is 443 g/mol. The Kier molecular flexibility index (Phi) is 7.63. The number of carbonyl (C=O) groups is 3. The molecule has 3 aliphatic heterocycles. The van der Waals surface area contributed by atoms with Gasteiger partial charge in [0.2, 0.25) is 5.91 Å². The molecule has 0 radical (unpaired) electrons. The lowest BCUT2D eigenvalue weighted by Gasteiger charge is -2.34. The number of nitrogens with one attached hydrogen (secondary N) is 1. The number of ether oxygens (including phenoxy) is 1. The summed E-state index contributed by atoms with van der Waals surface area (Å²) >= 11 is 0. The fraction of sp³-hybridized carbons (Fsp3) is 0.625. The van der Waals surface area contributed by atoms with Crippen LogP contribution >= 0.6 is 0 Å². The number of piperidine rings is 1. The molecule has 1 aromatic carbocycles. The van der Waals surface area contributed by atoms with Gasteiger partial charge >= 0.3 is 6.09 Å². The molecule has 8 heteroatoms. The van der Waals surface area contributed by atoms with Gasteiger partial charge in [-0.3, -0.25) is 9.59 Å². The van der Waals surface area contributed by atoms with E-state index in [-0.39, 0.29) is 24.4 Å². The van der Waals surface area contributed by atoms with Gasteiger partial charge in [0.05, 0.1) is 6.54 Å². The van der Waals surface area contributed by atoms with E-state index in [1.165, 1.54) is 12.8 Å². The Hall–Kier alpha value is -2.61. The Labute approximate surface area is 189 Å². The minimum Gasteiger partial charge on any atom is -0.436 e. The van der Waals surface area contributed by atoms with E-state index in [9.17, 15) is 14.4 Å². The summed E-state index contributed by atoms with van der Waals surface area (Å²) < 4.78 is 5.40. The van der Waals surface area contributed by atoms with E-state index in [0.717, 1.165) is 44.6 Å². The summed E-state index contributed by atoms with van der Waals surface area (Å²) in [5, 5.41) is 2.70. The highest BCUT2D eigenvalue weighted by molar-refractivity contribution is 5.89. The average Bonchev–Trinajstić information content (AvgIpc) is 3.48. The van der Waals surface area contributed by atoms with Crippen LogP contribution in [0.3, 0.4) is 0 Å². The summed E-state index contributed by atoms with van der Waals surface area (Å²) in [6.07, 6.45) is 4.30. The molecule has 0 bridgehead atoms. The van der Waals surface area contributed by atoms with Crippen LogP contribution < -0.4 is 5.32 Å². The topological polar surface area (TPSA) is 82.2 Å². The van der Waals surface area contributed by atoms with Crippen molar-refractivity contribution in [2.45, 2.75) is 57.2 Å². The van der Waals surface area contributed by atoms with E-state index in [1.54, 1.807) is 4.90 Å². The van der Waals surface area contributed by atoms with Crippen LogP contribution in [0.15, 0.2) is 30.3 Å². The number of nitrogens with zero attached hydrogens (tertiary/aromatic N) is 3. The molecule has 0 saturated carbocycles. The van der Waals surface area contributed by atoms with E-state index < -0.39 is 12.2 Å². The van der Waals surface area contributed by atoms with Gasteiger partial charge in [0.25, 0.3) is 5.91 Å². The number of likely N-dealkylation sites (tertiary alicyclic amines) is 3. The lowest BCUT2D eigenvalue weighted by molar-refractivity contribution is -0.149. The minimum absolute atomic E-state index is 0.00854. The van der Waals surface area contributed by atoms with Gasteiger partial charge in [-0.25, -0.2) is 4.79 Å². The Morgan fingerprint density at radius 1 is 0.969 bits per heavy atom. The molecule has 3 heterocycles. The van der Waals surface area contributed by atoms with Crippen LogP contribution in [0.25, 0.3) is 0 Å². The van der Waals surface area contributed by atoms with Crippen molar-refractivity contribution in [2.24, 2.45) is 0 Å². The molecule has 4 rings (SSSR count). The van der Waals surface area contributed by atoms with E-state index in [1.807, 2.05) is 35.2 Å². The highest BCUT2D eigenvalue weighted by Gasteiger charge is 2.36. The zero-order valence-corrected chi connectivity index (χ0v) is 18.7. The molecule has 1 N–H and O–H groups in total. The van der Waals surface area contributed by atoms with Crippen molar-refractivity contribution in [3.63, 3.8) is 0 Å². The quantitative estimate of drug-likeness (QED) is 0.698. The zero-order chi connectivity index (χ0) is 22.3. The number of amides is 3. The summed E-state index contributed by atoms with van der Waals surface area (Å²) in [6.45, 7) is 4.88. The van der Waals surface area contributed by atoms with Crippen molar-refractivity contribution < 1.29 is 19.1 Å². The van der Waals surface area contributed by atoms with Crippen LogP contribution in [0.4, 0.5) is 4.79 Å². The van der Waals surface area contributed by atoms with Gasteiger partial charge in [0.1, 0.15) is 0 Å². The van der Waals surface area contributed by atoms with Gasteiger partial charge < -0.3 is 24.8 Å². The third-order valence-corrected chi connectivity index (χ3v) is 6.70. The molecule has 1 aromatic rings. The molecule has 3 aliphatic rings. The molecule has 0 aliphatic carbocycles. The van der Waals surface area contributed by atoms with Crippen molar-refractivity contribution in [1.82, 2.24) is 20.0 Å². The number of hydrogen-bond acceptors (Lipinski definition) is 5. The smallest absolute Gasteiger partial charge is 0.408 e. The Balaban J connectivity index is 1.26. The molecule has 0 unspecified atom stereocenters. The fourth-order valence-corrected chi connectivity index (χ4v) is 4.98. The standard InChI is InChI=1S/C24H34N4O4/c29-22(28-15-6-10-20(28)17-26-12-4-5-13-26)18-27-14-7-11-21(23(27)30)32-24(31)25-16-19-8-2-1-3-9-19/h1-3,8-9,20-21H,4-7,10-18H2,(H,25,31)/t20-,21-/m0/s1. The second-order valence-electron chi connectivity index (χ2n) is 9.03. The number of alkyl carbamates (subject to hydrolysis) is 1. The first-order valence-corrected chi connectivity index (χ1v) is 11.9. The Morgan fingerprint density at radius 2 is 1.72 bits per heavy atom. The Bertz CT molecular complexity index is 796. The number of carbonyl (C=O) groups excluding carboxylic acids is 3. The van der Waals surface area contributed by atoms with Gasteiger partial charge in [-0.2, -0.15) is 0 Å². The molecule has 174 valence electrons. The van der Waals surface area contributed by atoms with Crippen LogP contribution in [-0.2, 0) is 20.9 Å². The van der Waals surface area contributed by atoms with Crippen molar-refractivity contribution in [1.29, 1.82) is 0 Å². The number of hydrogen-bond donors (Lipinski definition) is 1. The maximum absolute atomic E-state index is 13.0. The maximum Gasteiger partial charge on any atom is 0.408 e. The van der Waals surface area contributed by atoms with Crippen LogP contribution in [0.2, 0.25) is 0 Å². The van der Waals surface area contributed by atoms with Crippen LogP contribution in [-0.4, -0.2) is 84.0 Å². The molecule has 2 atom stereocenters. The first-order valence-electron chi connectivity index (χ1n) is 11.9. The number of rotatable bonds is 7. The summed E-state index contributed by atoms with van der Waals surface area (Å²) in [6, 6.07) is 9.78. The molecule has 0 aromatic heterocycles. The molecule has 0 spiro atoms. The summed E-state index contributed by atoms with van der Waals surface area (Å²) in [5.41, 5.74) is 0.959. The summed E-state index contributed by atoms with van der Waals surface area (Å²) in [4.78, 5) is 44.1. The van der Waals surface area contributed by atoms with E-state index in [4.69, 9.17) is 4.74 Å². The molecular weight excluding hydrogens is 408 g/mol. The van der Waals surface area contributed by atoms with Crippen molar-refractivity contribution in [2.75, 3.05) is 39.3 Å². The maximum atomic E-state index is 13.0. The highest BCUT2D eigenvalue weighted by atomic mass is 16.6. The molecule has 8 nitrogen and oxygen atoms in total. The SMILES string of the molecule is O=C(NCc1ccccc1)O[C@H]1CCCN(CC(=O)N2CCC[C@H]2CN2CCCC2)C1=O. The van der Waals surface area contributed by atoms with E-state index in [0.29, 0.717) is 25.9 Å². The van der Waals surface area contributed by atoms with Crippen LogP contribution in [0.5, 0.6) is 0 Å². The monoisotopic (exact) mass is 442 g/mol. The first-order chi connectivity index (χ1) is 15.6. The van der Waals surface area contributed by atoms with Gasteiger partial charge in [0.15, 0.2) is 6.10 Å². The second kappa shape index (κ2) is 10.8. The second-order valence-corrected chi connectivity index (χ2v) is 9.03. The summed E-state index contributed by atoms with van der Waals surface area (Å²) in [5.74, 6) is -0.260. The van der Waals surface area contributed by atoms with Gasteiger partial charge in [0, 0.05) is 32.2 Å². The summed E-state index contributed by atoms with van der Waals surface area (Å²) in [7, 11) is 0. The zero-order valence-electron chi connectivity index (χ0n) is 18.7. The number of benzene rings is 1. The predicted octanol–water partition coefficient (Wildman–Crippen LogP) is 1.99. The van der Waals surface area contributed by atoms with Crippen LogP contribution in [0.1, 0.15) is 44.1 Å². The third-order valence-electron chi connectivity index (χ3n) is 6.70. The molecule has 32 heavy (non-hydrogen) atoms. The lowest BCUT2D eigenvalue weighted by atomic mass is 10.1. The third kappa shape index (κ3) is 5.79. The Morgan fingerprint density at radius 3 is 2.50 bits per heavy atom. The van der Waals surface area contributed by atoms with Gasteiger partial charge in [-0.05, 0) is 57.2 Å². The van der Waals surface area contributed by atoms with Crippen LogP contribution in [0, 0.1) is 0 Å². The van der Waals surface area contributed by atoms with Gasteiger partial charge in [-0.1, -0.05) is 30.3 Å². The fourth-order valence-electron chi connectivity index (χ4n) is 4.98. The molecule has 3 fully saturated rings. The van der Waals surface area contributed by atoms with Crippen molar-refractivity contribution in [3.05, 3.63) is 35.9 Å². The molecular formula is C24H34N4O4. The van der Waals surface area contributed by atoms with Gasteiger partial charge in [-0.15, -0.1) is 0 Å². The van der Waals surface area contributed by atoms with E-state index >= 15 is 0 Å². The minimum atomic E-state index is -0.828.